The summed E-state index contributed by atoms with van der Waals surface area (Å²) in [6.07, 6.45) is 2.31. The van der Waals surface area contributed by atoms with Gasteiger partial charge in [0.2, 0.25) is 5.91 Å². The zero-order valence-corrected chi connectivity index (χ0v) is 13.8. The van der Waals surface area contributed by atoms with Gasteiger partial charge in [0.15, 0.2) is 0 Å². The Morgan fingerprint density at radius 1 is 1.43 bits per heavy atom. The molecule has 0 spiro atoms. The van der Waals surface area contributed by atoms with E-state index in [1.807, 2.05) is 43.1 Å². The highest BCUT2D eigenvalue weighted by molar-refractivity contribution is 5.79. The molecule has 0 aliphatic carbocycles. The lowest BCUT2D eigenvalue weighted by Crippen LogP contribution is -2.48. The number of urea groups is 1. The molecule has 0 radical (unpaired) electrons. The van der Waals surface area contributed by atoms with Crippen molar-refractivity contribution in [1.29, 1.82) is 0 Å². The lowest BCUT2D eigenvalue weighted by molar-refractivity contribution is -0.133. The van der Waals surface area contributed by atoms with Gasteiger partial charge in [-0.2, -0.15) is 0 Å². The Bertz CT molecular complexity index is 561. The van der Waals surface area contributed by atoms with Crippen LogP contribution >= 0.6 is 0 Å². The van der Waals surface area contributed by atoms with Gasteiger partial charge in [-0.3, -0.25) is 4.79 Å². The number of aryl methyl sites for hydroxylation is 1. The SMILES string of the molecule is CN[C@@H]1CCCN(C(=O)C[C@@H](NC(N)=O)c2cccc(C)c2)C1. The molecule has 1 aromatic carbocycles. The van der Waals surface area contributed by atoms with Gasteiger partial charge in [-0.15, -0.1) is 0 Å². The lowest BCUT2D eigenvalue weighted by atomic mass is 9.99. The molecule has 3 amide bonds. The molecule has 1 heterocycles. The smallest absolute Gasteiger partial charge is 0.312 e. The average Bonchev–Trinajstić information content (AvgIpc) is 2.53. The van der Waals surface area contributed by atoms with Gasteiger partial charge in [0.1, 0.15) is 0 Å². The molecule has 2 rings (SSSR count). The second-order valence-electron chi connectivity index (χ2n) is 6.15. The van der Waals surface area contributed by atoms with Crippen LogP contribution in [0.25, 0.3) is 0 Å². The maximum Gasteiger partial charge on any atom is 0.312 e. The summed E-state index contributed by atoms with van der Waals surface area (Å²) >= 11 is 0. The maximum atomic E-state index is 12.6. The molecular weight excluding hydrogens is 292 g/mol. The fraction of sp³-hybridized carbons (Fsp3) is 0.529. The number of nitrogens with one attached hydrogen (secondary N) is 2. The van der Waals surface area contributed by atoms with E-state index in [0.29, 0.717) is 12.6 Å². The monoisotopic (exact) mass is 318 g/mol. The number of primary amides is 1. The van der Waals surface area contributed by atoms with E-state index in [2.05, 4.69) is 10.6 Å². The predicted molar refractivity (Wildman–Crippen MR) is 89.9 cm³/mol. The Morgan fingerprint density at radius 2 is 2.22 bits per heavy atom. The van der Waals surface area contributed by atoms with Crippen molar-refractivity contribution in [3.8, 4) is 0 Å². The van der Waals surface area contributed by atoms with E-state index in [1.54, 1.807) is 0 Å². The molecule has 1 aliphatic rings. The normalized spacial score (nSPS) is 19.2. The molecule has 0 unspecified atom stereocenters. The van der Waals surface area contributed by atoms with Crippen LogP contribution in [-0.2, 0) is 4.79 Å². The molecule has 1 aromatic rings. The fourth-order valence-electron chi connectivity index (χ4n) is 3.05. The highest BCUT2D eigenvalue weighted by atomic mass is 16.2. The van der Waals surface area contributed by atoms with Crippen LogP contribution in [0.4, 0.5) is 4.79 Å². The van der Waals surface area contributed by atoms with Gasteiger partial charge in [-0.25, -0.2) is 4.79 Å². The number of likely N-dealkylation sites (N-methyl/N-ethyl adjacent to an activating group) is 1. The number of carbonyl (C=O) groups excluding carboxylic acids is 2. The molecule has 126 valence electrons. The molecule has 23 heavy (non-hydrogen) atoms. The van der Waals surface area contributed by atoms with E-state index in [-0.39, 0.29) is 12.3 Å². The number of benzene rings is 1. The number of likely N-dealkylation sites (tertiary alicyclic amines) is 1. The first-order chi connectivity index (χ1) is 11.0. The molecular formula is C17H26N4O2. The van der Waals surface area contributed by atoms with Gasteiger partial charge in [0.25, 0.3) is 0 Å². The molecule has 1 fully saturated rings. The van der Waals surface area contributed by atoms with Crippen LogP contribution < -0.4 is 16.4 Å². The van der Waals surface area contributed by atoms with Crippen molar-refractivity contribution in [1.82, 2.24) is 15.5 Å². The summed E-state index contributed by atoms with van der Waals surface area (Å²) in [5.41, 5.74) is 7.27. The summed E-state index contributed by atoms with van der Waals surface area (Å²) in [6.45, 7) is 3.47. The molecule has 0 saturated carbocycles. The van der Waals surface area contributed by atoms with E-state index in [4.69, 9.17) is 5.73 Å². The van der Waals surface area contributed by atoms with Gasteiger partial charge in [0, 0.05) is 19.1 Å². The number of carbonyl (C=O) groups is 2. The minimum atomic E-state index is -0.615. The number of hydrogen-bond acceptors (Lipinski definition) is 3. The zero-order valence-electron chi connectivity index (χ0n) is 13.8. The maximum absolute atomic E-state index is 12.6. The van der Waals surface area contributed by atoms with E-state index >= 15 is 0 Å². The van der Waals surface area contributed by atoms with Crippen molar-refractivity contribution in [3.05, 3.63) is 35.4 Å². The first kappa shape index (κ1) is 17.3. The number of nitrogens with two attached hydrogens (primary N) is 1. The summed E-state index contributed by atoms with van der Waals surface area (Å²) in [7, 11) is 1.92. The number of nitrogens with zero attached hydrogens (tertiary/aromatic N) is 1. The molecule has 1 aliphatic heterocycles. The van der Waals surface area contributed by atoms with Gasteiger partial charge < -0.3 is 21.3 Å². The molecule has 6 nitrogen and oxygen atoms in total. The topological polar surface area (TPSA) is 87.5 Å². The van der Waals surface area contributed by atoms with Crippen LogP contribution in [-0.4, -0.2) is 43.0 Å². The number of piperidine rings is 1. The van der Waals surface area contributed by atoms with Crippen molar-refractivity contribution >= 4 is 11.9 Å². The third-order valence-corrected chi connectivity index (χ3v) is 4.32. The van der Waals surface area contributed by atoms with E-state index in [9.17, 15) is 9.59 Å². The van der Waals surface area contributed by atoms with E-state index in [0.717, 1.165) is 30.5 Å². The zero-order chi connectivity index (χ0) is 16.8. The second kappa shape index (κ2) is 7.97. The summed E-state index contributed by atoms with van der Waals surface area (Å²) in [5.74, 6) is 0.0465. The van der Waals surface area contributed by atoms with Crippen LogP contribution in [0.5, 0.6) is 0 Å². The standard InChI is InChI=1S/C17H26N4O2/c1-12-5-3-6-13(9-12)15(20-17(18)23)10-16(22)21-8-4-7-14(11-21)19-2/h3,5-6,9,14-15,19H,4,7-8,10-11H2,1-2H3,(H3,18,20,23)/t14-,15-/m1/s1. The highest BCUT2D eigenvalue weighted by Gasteiger charge is 2.25. The van der Waals surface area contributed by atoms with Crippen molar-refractivity contribution < 1.29 is 9.59 Å². The van der Waals surface area contributed by atoms with Crippen LogP contribution in [0.1, 0.15) is 36.4 Å². The highest BCUT2D eigenvalue weighted by Crippen LogP contribution is 2.20. The number of rotatable bonds is 5. The van der Waals surface area contributed by atoms with Crippen molar-refractivity contribution in [2.75, 3.05) is 20.1 Å². The Morgan fingerprint density at radius 3 is 2.87 bits per heavy atom. The van der Waals surface area contributed by atoms with Crippen molar-refractivity contribution in [3.63, 3.8) is 0 Å². The van der Waals surface area contributed by atoms with Crippen LogP contribution in [0, 0.1) is 6.92 Å². The summed E-state index contributed by atoms with van der Waals surface area (Å²) in [4.78, 5) is 25.8. The minimum Gasteiger partial charge on any atom is -0.352 e. The molecule has 6 heteroatoms. The Hall–Kier alpha value is -2.08. The first-order valence-electron chi connectivity index (χ1n) is 8.07. The van der Waals surface area contributed by atoms with Crippen LogP contribution in [0.15, 0.2) is 24.3 Å². The fourth-order valence-corrected chi connectivity index (χ4v) is 3.05. The summed E-state index contributed by atoms with van der Waals surface area (Å²) < 4.78 is 0. The first-order valence-corrected chi connectivity index (χ1v) is 8.07. The summed E-state index contributed by atoms with van der Waals surface area (Å²) in [6, 6.07) is 7.12. The van der Waals surface area contributed by atoms with Gasteiger partial charge in [0.05, 0.1) is 12.5 Å². The largest absolute Gasteiger partial charge is 0.352 e. The van der Waals surface area contributed by atoms with E-state index in [1.165, 1.54) is 0 Å². The van der Waals surface area contributed by atoms with Gasteiger partial charge in [-0.05, 0) is 32.4 Å². The number of hydrogen-bond donors (Lipinski definition) is 3. The molecule has 0 bridgehead atoms. The van der Waals surface area contributed by atoms with Crippen molar-refractivity contribution in [2.45, 2.75) is 38.3 Å². The molecule has 4 N–H and O–H groups in total. The Labute approximate surface area is 137 Å². The molecule has 1 saturated heterocycles. The predicted octanol–water partition coefficient (Wildman–Crippen LogP) is 1.30. The number of amides is 3. The molecule has 0 aromatic heterocycles. The van der Waals surface area contributed by atoms with Gasteiger partial charge >= 0.3 is 6.03 Å². The third-order valence-electron chi connectivity index (χ3n) is 4.32. The minimum absolute atomic E-state index is 0.0465. The second-order valence-corrected chi connectivity index (χ2v) is 6.15. The van der Waals surface area contributed by atoms with Gasteiger partial charge in [-0.1, -0.05) is 29.8 Å². The third kappa shape index (κ3) is 4.96. The molecule has 2 atom stereocenters. The van der Waals surface area contributed by atoms with Crippen molar-refractivity contribution in [2.24, 2.45) is 5.73 Å². The summed E-state index contributed by atoms with van der Waals surface area (Å²) in [5, 5.41) is 5.92. The van der Waals surface area contributed by atoms with Crippen LogP contribution in [0.2, 0.25) is 0 Å². The van der Waals surface area contributed by atoms with Crippen LogP contribution in [0.3, 0.4) is 0 Å². The van der Waals surface area contributed by atoms with E-state index < -0.39 is 12.1 Å². The average molecular weight is 318 g/mol. The Kier molecular flexibility index (Phi) is 5.98. The Balaban J connectivity index is 2.08. The lowest BCUT2D eigenvalue weighted by Gasteiger charge is -2.33. The quantitative estimate of drug-likeness (QED) is 0.765.